The van der Waals surface area contributed by atoms with E-state index in [1.807, 2.05) is 0 Å². The lowest BCUT2D eigenvalue weighted by Gasteiger charge is -2.13. The predicted molar refractivity (Wildman–Crippen MR) is 116 cm³/mol. The molecule has 0 aliphatic carbocycles. The van der Waals surface area contributed by atoms with E-state index >= 15 is 0 Å². The maximum atomic E-state index is 5.59. The SMILES string of the molecule is NCCCCCCC(CC=Cc1ccccc1)CC=Cc1ccccc1. The van der Waals surface area contributed by atoms with Gasteiger partial charge in [0.2, 0.25) is 0 Å². The molecule has 0 radical (unpaired) electrons. The predicted octanol–water partition coefficient (Wildman–Crippen LogP) is 6.72. The summed E-state index contributed by atoms with van der Waals surface area (Å²) in [6.07, 6.45) is 17.8. The first-order valence-electron chi connectivity index (χ1n) is 10.0. The van der Waals surface area contributed by atoms with Crippen LogP contribution in [-0.4, -0.2) is 6.54 Å². The Hall–Kier alpha value is -2.12. The molecule has 0 saturated carbocycles. The molecule has 138 valence electrons. The fourth-order valence-electron chi connectivity index (χ4n) is 3.18. The zero-order valence-corrected chi connectivity index (χ0v) is 15.9. The van der Waals surface area contributed by atoms with Crippen LogP contribution in [0.1, 0.15) is 56.1 Å². The van der Waals surface area contributed by atoms with Crippen LogP contribution in [0.4, 0.5) is 0 Å². The van der Waals surface area contributed by atoms with Crippen molar-refractivity contribution in [1.82, 2.24) is 0 Å². The molecule has 2 aromatic rings. The number of hydrogen-bond acceptors (Lipinski definition) is 1. The van der Waals surface area contributed by atoms with Crippen molar-refractivity contribution in [3.63, 3.8) is 0 Å². The summed E-state index contributed by atoms with van der Waals surface area (Å²) in [7, 11) is 0. The highest BCUT2D eigenvalue weighted by molar-refractivity contribution is 5.49. The summed E-state index contributed by atoms with van der Waals surface area (Å²) in [4.78, 5) is 0. The number of nitrogens with two attached hydrogens (primary N) is 1. The van der Waals surface area contributed by atoms with E-state index in [-0.39, 0.29) is 0 Å². The first-order valence-corrected chi connectivity index (χ1v) is 10.0. The van der Waals surface area contributed by atoms with Crippen LogP contribution in [0.2, 0.25) is 0 Å². The van der Waals surface area contributed by atoms with Crippen molar-refractivity contribution >= 4 is 12.2 Å². The van der Waals surface area contributed by atoms with E-state index in [2.05, 4.69) is 85.0 Å². The van der Waals surface area contributed by atoms with Crippen LogP contribution in [-0.2, 0) is 0 Å². The third-order valence-corrected chi connectivity index (χ3v) is 4.73. The summed E-state index contributed by atoms with van der Waals surface area (Å²) < 4.78 is 0. The van der Waals surface area contributed by atoms with Gasteiger partial charge in [-0.2, -0.15) is 0 Å². The summed E-state index contributed by atoms with van der Waals surface area (Å²) in [6.45, 7) is 0.822. The van der Waals surface area contributed by atoms with Gasteiger partial charge in [-0.15, -0.1) is 0 Å². The molecule has 0 fully saturated rings. The van der Waals surface area contributed by atoms with E-state index in [1.54, 1.807) is 0 Å². The molecule has 0 aliphatic rings. The standard InChI is InChI=1S/C25H33N/c26-22-10-2-1-5-13-25(20-11-18-23-14-6-3-7-15-23)21-12-19-24-16-8-4-9-17-24/h3-4,6-9,11-12,14-19,25H,1-2,5,10,13,20-22,26H2. The highest BCUT2D eigenvalue weighted by atomic mass is 14.5. The molecule has 0 atom stereocenters. The first-order chi connectivity index (χ1) is 12.9. The number of hydrogen-bond donors (Lipinski definition) is 1. The Bertz CT molecular complexity index is 576. The molecule has 0 spiro atoms. The molecule has 0 saturated heterocycles. The van der Waals surface area contributed by atoms with Gasteiger partial charge in [0.15, 0.2) is 0 Å². The van der Waals surface area contributed by atoms with Crippen LogP contribution in [0.15, 0.2) is 72.8 Å². The lowest BCUT2D eigenvalue weighted by Crippen LogP contribution is -2.00. The summed E-state index contributed by atoms with van der Waals surface area (Å²) in [5.74, 6) is 0.716. The van der Waals surface area contributed by atoms with Crippen LogP contribution >= 0.6 is 0 Å². The number of benzene rings is 2. The van der Waals surface area contributed by atoms with Gasteiger partial charge in [0.1, 0.15) is 0 Å². The van der Waals surface area contributed by atoms with Crippen molar-refractivity contribution in [1.29, 1.82) is 0 Å². The molecular weight excluding hydrogens is 314 g/mol. The Morgan fingerprint density at radius 2 is 1.15 bits per heavy atom. The van der Waals surface area contributed by atoms with Gasteiger partial charge in [0.05, 0.1) is 0 Å². The van der Waals surface area contributed by atoms with Gasteiger partial charge in [0, 0.05) is 0 Å². The molecule has 0 unspecified atom stereocenters. The van der Waals surface area contributed by atoms with Crippen LogP contribution in [0.3, 0.4) is 0 Å². The molecule has 26 heavy (non-hydrogen) atoms. The van der Waals surface area contributed by atoms with E-state index in [9.17, 15) is 0 Å². The minimum atomic E-state index is 0.716. The Labute approximate surface area is 159 Å². The van der Waals surface area contributed by atoms with Gasteiger partial charge in [0.25, 0.3) is 0 Å². The van der Waals surface area contributed by atoms with Gasteiger partial charge < -0.3 is 5.73 Å². The third kappa shape index (κ3) is 8.82. The maximum absolute atomic E-state index is 5.59. The quantitative estimate of drug-likeness (QED) is 0.424. The largest absolute Gasteiger partial charge is 0.330 e. The number of allylic oxidation sites excluding steroid dienone is 2. The molecular formula is C25H33N. The van der Waals surface area contributed by atoms with Crippen LogP contribution in [0.25, 0.3) is 12.2 Å². The molecule has 2 N–H and O–H groups in total. The minimum Gasteiger partial charge on any atom is -0.330 e. The summed E-state index contributed by atoms with van der Waals surface area (Å²) in [5.41, 5.74) is 8.17. The molecule has 1 nitrogen and oxygen atoms in total. The molecule has 1 heteroatoms. The highest BCUT2D eigenvalue weighted by Crippen LogP contribution is 2.20. The Morgan fingerprint density at radius 1 is 0.654 bits per heavy atom. The van der Waals surface area contributed by atoms with Crippen LogP contribution in [0, 0.1) is 5.92 Å². The second-order valence-corrected chi connectivity index (χ2v) is 6.96. The third-order valence-electron chi connectivity index (χ3n) is 4.73. The second-order valence-electron chi connectivity index (χ2n) is 6.96. The molecule has 0 heterocycles. The monoisotopic (exact) mass is 347 g/mol. The molecule has 0 aromatic heterocycles. The Kier molecular flexibility index (Phi) is 10.2. The fourth-order valence-corrected chi connectivity index (χ4v) is 3.18. The lowest BCUT2D eigenvalue weighted by molar-refractivity contribution is 0.462. The summed E-state index contributed by atoms with van der Waals surface area (Å²) >= 11 is 0. The number of unbranched alkanes of at least 4 members (excludes halogenated alkanes) is 3. The van der Waals surface area contributed by atoms with Crippen molar-refractivity contribution in [3.8, 4) is 0 Å². The van der Waals surface area contributed by atoms with Gasteiger partial charge in [-0.1, -0.05) is 104 Å². The molecule has 0 amide bonds. The zero-order chi connectivity index (χ0) is 18.3. The average molecular weight is 348 g/mol. The smallest absolute Gasteiger partial charge is 0.00773 e. The fraction of sp³-hybridized carbons (Fsp3) is 0.360. The minimum absolute atomic E-state index is 0.716. The van der Waals surface area contributed by atoms with E-state index < -0.39 is 0 Å². The average Bonchev–Trinajstić information content (AvgIpc) is 2.69. The normalized spacial score (nSPS) is 12.8. The van der Waals surface area contributed by atoms with Gasteiger partial charge in [-0.3, -0.25) is 0 Å². The molecule has 0 bridgehead atoms. The van der Waals surface area contributed by atoms with E-state index in [1.165, 1.54) is 36.8 Å². The Balaban J connectivity index is 1.83. The van der Waals surface area contributed by atoms with Crippen molar-refractivity contribution in [2.45, 2.75) is 44.9 Å². The topological polar surface area (TPSA) is 26.0 Å². The first kappa shape index (κ1) is 20.2. The molecule has 0 aliphatic heterocycles. The van der Waals surface area contributed by atoms with Crippen molar-refractivity contribution in [3.05, 3.63) is 83.9 Å². The van der Waals surface area contributed by atoms with Crippen LogP contribution in [0.5, 0.6) is 0 Å². The molecule has 2 rings (SSSR count). The zero-order valence-electron chi connectivity index (χ0n) is 15.9. The van der Waals surface area contributed by atoms with Gasteiger partial charge in [-0.25, -0.2) is 0 Å². The van der Waals surface area contributed by atoms with Crippen LogP contribution < -0.4 is 5.73 Å². The lowest BCUT2D eigenvalue weighted by atomic mass is 9.93. The van der Waals surface area contributed by atoms with Gasteiger partial charge in [-0.05, 0) is 49.3 Å². The van der Waals surface area contributed by atoms with E-state index in [0.717, 1.165) is 25.8 Å². The summed E-state index contributed by atoms with van der Waals surface area (Å²) in [6, 6.07) is 21.1. The summed E-state index contributed by atoms with van der Waals surface area (Å²) in [5, 5.41) is 0. The highest BCUT2D eigenvalue weighted by Gasteiger charge is 2.05. The van der Waals surface area contributed by atoms with Crippen molar-refractivity contribution < 1.29 is 0 Å². The van der Waals surface area contributed by atoms with E-state index in [4.69, 9.17) is 5.73 Å². The van der Waals surface area contributed by atoms with Crippen molar-refractivity contribution in [2.24, 2.45) is 11.7 Å². The number of rotatable bonds is 12. The van der Waals surface area contributed by atoms with Crippen molar-refractivity contribution in [2.75, 3.05) is 6.54 Å². The Morgan fingerprint density at radius 3 is 1.65 bits per heavy atom. The second kappa shape index (κ2) is 13.1. The molecule has 2 aromatic carbocycles. The maximum Gasteiger partial charge on any atom is -0.00773 e. The van der Waals surface area contributed by atoms with E-state index in [0.29, 0.717) is 5.92 Å². The van der Waals surface area contributed by atoms with Gasteiger partial charge >= 0.3 is 0 Å².